The summed E-state index contributed by atoms with van der Waals surface area (Å²) < 4.78 is 1.85. The first-order valence-corrected chi connectivity index (χ1v) is 8.65. The second-order valence-electron chi connectivity index (χ2n) is 5.89. The normalized spacial score (nSPS) is 21.6. The zero-order chi connectivity index (χ0) is 14.9. The summed E-state index contributed by atoms with van der Waals surface area (Å²) >= 11 is 1.78. The Balaban J connectivity index is 1.48. The van der Waals surface area contributed by atoms with Crippen LogP contribution in [-0.4, -0.2) is 45.2 Å². The summed E-state index contributed by atoms with van der Waals surface area (Å²) in [6, 6.07) is 2.42. The summed E-state index contributed by atoms with van der Waals surface area (Å²) in [7, 11) is 0. The van der Waals surface area contributed by atoms with Crippen LogP contribution >= 0.6 is 11.3 Å². The monoisotopic (exact) mass is 317 g/mol. The first-order valence-electron chi connectivity index (χ1n) is 7.77. The van der Waals surface area contributed by atoms with Gasteiger partial charge in [-0.3, -0.25) is 4.79 Å². The SMILES string of the molecule is O=C(c1ncn([C@H]2CCCNC2)n1)N1CCc2sccc2C1. The number of amides is 1. The van der Waals surface area contributed by atoms with Crippen molar-refractivity contribution in [2.45, 2.75) is 31.8 Å². The molecule has 2 aromatic heterocycles. The van der Waals surface area contributed by atoms with Crippen molar-refractivity contribution >= 4 is 17.2 Å². The van der Waals surface area contributed by atoms with Gasteiger partial charge in [-0.05, 0) is 42.8 Å². The average Bonchev–Trinajstić information content (AvgIpc) is 3.23. The van der Waals surface area contributed by atoms with Gasteiger partial charge in [0, 0.05) is 24.5 Å². The summed E-state index contributed by atoms with van der Waals surface area (Å²) in [6.45, 7) is 3.40. The number of rotatable bonds is 2. The van der Waals surface area contributed by atoms with E-state index < -0.39 is 0 Å². The van der Waals surface area contributed by atoms with Gasteiger partial charge in [0.25, 0.3) is 5.91 Å². The van der Waals surface area contributed by atoms with Gasteiger partial charge in [0.2, 0.25) is 5.82 Å². The van der Waals surface area contributed by atoms with Crippen molar-refractivity contribution in [3.63, 3.8) is 0 Å². The van der Waals surface area contributed by atoms with Crippen molar-refractivity contribution in [1.82, 2.24) is 25.0 Å². The van der Waals surface area contributed by atoms with Gasteiger partial charge < -0.3 is 10.2 Å². The molecule has 2 aromatic rings. The van der Waals surface area contributed by atoms with Gasteiger partial charge in [-0.15, -0.1) is 16.4 Å². The van der Waals surface area contributed by atoms with Gasteiger partial charge in [0.05, 0.1) is 6.04 Å². The van der Waals surface area contributed by atoms with E-state index in [0.717, 1.165) is 38.9 Å². The van der Waals surface area contributed by atoms with Crippen molar-refractivity contribution in [2.75, 3.05) is 19.6 Å². The van der Waals surface area contributed by atoms with Crippen molar-refractivity contribution < 1.29 is 4.79 Å². The van der Waals surface area contributed by atoms with Crippen LogP contribution in [-0.2, 0) is 13.0 Å². The maximum Gasteiger partial charge on any atom is 0.293 e. The van der Waals surface area contributed by atoms with E-state index in [0.29, 0.717) is 18.4 Å². The van der Waals surface area contributed by atoms with E-state index in [1.165, 1.54) is 10.4 Å². The number of hydrogen-bond donors (Lipinski definition) is 1. The van der Waals surface area contributed by atoms with E-state index in [2.05, 4.69) is 26.8 Å². The van der Waals surface area contributed by atoms with Crippen molar-refractivity contribution in [1.29, 1.82) is 0 Å². The number of piperidine rings is 1. The molecule has 1 saturated heterocycles. The molecule has 4 rings (SSSR count). The Hall–Kier alpha value is -1.73. The molecule has 1 amide bonds. The molecule has 0 aromatic carbocycles. The summed E-state index contributed by atoms with van der Waals surface area (Å²) in [5.41, 5.74) is 1.26. The Morgan fingerprint density at radius 2 is 2.41 bits per heavy atom. The lowest BCUT2D eigenvalue weighted by molar-refractivity contribution is 0.0722. The first-order chi connectivity index (χ1) is 10.8. The second kappa shape index (κ2) is 5.81. The lowest BCUT2D eigenvalue weighted by atomic mass is 10.1. The van der Waals surface area contributed by atoms with Crippen LogP contribution in [0.25, 0.3) is 0 Å². The Bertz CT molecular complexity index is 673. The van der Waals surface area contributed by atoms with E-state index in [1.807, 2.05) is 9.58 Å². The molecule has 116 valence electrons. The van der Waals surface area contributed by atoms with Crippen LogP contribution in [0.5, 0.6) is 0 Å². The van der Waals surface area contributed by atoms with Gasteiger partial charge in [-0.2, -0.15) is 0 Å². The number of carbonyl (C=O) groups excluding carboxylic acids is 1. The molecular formula is C15H19N5OS. The molecule has 0 unspecified atom stereocenters. The van der Waals surface area contributed by atoms with Gasteiger partial charge >= 0.3 is 0 Å². The number of nitrogens with one attached hydrogen (secondary N) is 1. The molecule has 0 radical (unpaired) electrons. The van der Waals surface area contributed by atoms with Crippen molar-refractivity contribution in [2.24, 2.45) is 0 Å². The topological polar surface area (TPSA) is 63.1 Å². The summed E-state index contributed by atoms with van der Waals surface area (Å²) in [5, 5.41) is 9.89. The zero-order valence-corrected chi connectivity index (χ0v) is 13.2. The minimum Gasteiger partial charge on any atom is -0.331 e. The minimum absolute atomic E-state index is 0.0561. The highest BCUT2D eigenvalue weighted by atomic mass is 32.1. The Labute approximate surface area is 133 Å². The average molecular weight is 317 g/mol. The molecule has 1 atom stereocenters. The Kier molecular flexibility index (Phi) is 3.67. The molecule has 1 fully saturated rings. The fourth-order valence-corrected chi connectivity index (χ4v) is 4.06. The fourth-order valence-electron chi connectivity index (χ4n) is 3.17. The molecule has 4 heterocycles. The molecule has 0 aliphatic carbocycles. The van der Waals surface area contributed by atoms with E-state index in [-0.39, 0.29) is 5.91 Å². The molecule has 22 heavy (non-hydrogen) atoms. The third-order valence-electron chi connectivity index (χ3n) is 4.44. The predicted octanol–water partition coefficient (Wildman–Crippen LogP) is 1.46. The van der Waals surface area contributed by atoms with E-state index >= 15 is 0 Å². The molecule has 0 bridgehead atoms. The lowest BCUT2D eigenvalue weighted by Crippen LogP contribution is -2.36. The summed E-state index contributed by atoms with van der Waals surface area (Å²) in [6.07, 6.45) is 4.86. The third kappa shape index (κ3) is 2.55. The fraction of sp³-hybridized carbons (Fsp3) is 0.533. The quantitative estimate of drug-likeness (QED) is 0.911. The Morgan fingerprint density at radius 3 is 3.27 bits per heavy atom. The van der Waals surface area contributed by atoms with Crippen LogP contribution in [0.15, 0.2) is 17.8 Å². The number of carbonyl (C=O) groups is 1. The molecule has 0 saturated carbocycles. The number of hydrogen-bond acceptors (Lipinski definition) is 5. The van der Waals surface area contributed by atoms with Gasteiger partial charge in [-0.25, -0.2) is 9.67 Å². The lowest BCUT2D eigenvalue weighted by Gasteiger charge is -2.26. The number of fused-ring (bicyclic) bond motifs is 1. The van der Waals surface area contributed by atoms with Crippen LogP contribution < -0.4 is 5.32 Å². The van der Waals surface area contributed by atoms with Crippen molar-refractivity contribution in [3.8, 4) is 0 Å². The standard InChI is InChI=1S/C15H19N5OS/c21-15(19-6-3-13-11(9-19)4-7-22-13)14-17-10-20(18-14)12-2-1-5-16-8-12/h4,7,10,12,16H,1-3,5-6,8-9H2/t12-/m0/s1. The van der Waals surface area contributed by atoms with Gasteiger partial charge in [0.15, 0.2) is 0 Å². The highest BCUT2D eigenvalue weighted by molar-refractivity contribution is 7.10. The summed E-state index contributed by atoms with van der Waals surface area (Å²) in [4.78, 5) is 20.1. The second-order valence-corrected chi connectivity index (χ2v) is 6.89. The highest BCUT2D eigenvalue weighted by Gasteiger charge is 2.26. The third-order valence-corrected chi connectivity index (χ3v) is 5.46. The smallest absolute Gasteiger partial charge is 0.293 e. The molecular weight excluding hydrogens is 298 g/mol. The van der Waals surface area contributed by atoms with E-state index in [4.69, 9.17) is 0 Å². The largest absolute Gasteiger partial charge is 0.331 e. The number of aromatic nitrogens is 3. The number of thiophene rings is 1. The van der Waals surface area contributed by atoms with Crippen LogP contribution in [0.2, 0.25) is 0 Å². The molecule has 0 spiro atoms. The van der Waals surface area contributed by atoms with Crippen LogP contribution in [0.4, 0.5) is 0 Å². The Morgan fingerprint density at radius 1 is 1.45 bits per heavy atom. The zero-order valence-electron chi connectivity index (χ0n) is 12.4. The highest BCUT2D eigenvalue weighted by Crippen LogP contribution is 2.24. The maximum absolute atomic E-state index is 12.6. The molecule has 7 heteroatoms. The van der Waals surface area contributed by atoms with Gasteiger partial charge in [0.1, 0.15) is 6.33 Å². The molecule has 2 aliphatic rings. The van der Waals surface area contributed by atoms with Crippen LogP contribution in [0.3, 0.4) is 0 Å². The molecule has 1 N–H and O–H groups in total. The first kappa shape index (κ1) is 13.9. The maximum atomic E-state index is 12.6. The minimum atomic E-state index is -0.0561. The number of nitrogens with zero attached hydrogens (tertiary/aromatic N) is 4. The van der Waals surface area contributed by atoms with E-state index in [9.17, 15) is 4.79 Å². The van der Waals surface area contributed by atoms with Crippen LogP contribution in [0, 0.1) is 0 Å². The summed E-state index contributed by atoms with van der Waals surface area (Å²) in [5.74, 6) is 0.267. The molecule has 6 nitrogen and oxygen atoms in total. The van der Waals surface area contributed by atoms with E-state index in [1.54, 1.807) is 17.7 Å². The van der Waals surface area contributed by atoms with Crippen molar-refractivity contribution in [3.05, 3.63) is 34.0 Å². The van der Waals surface area contributed by atoms with Crippen LogP contribution in [0.1, 0.15) is 39.9 Å². The van der Waals surface area contributed by atoms with Gasteiger partial charge in [-0.1, -0.05) is 0 Å². The predicted molar refractivity (Wildman–Crippen MR) is 83.9 cm³/mol. The molecule has 2 aliphatic heterocycles.